The van der Waals surface area contributed by atoms with Crippen LogP contribution in [0.1, 0.15) is 65.0 Å². The SMILES string of the molecule is CCOc1ccc(C(NC(=O)C2CCC(C(=O)O)CC2)C(C)C)cc1OCC. The maximum Gasteiger partial charge on any atom is 0.306 e. The second-order valence-corrected chi connectivity index (χ2v) is 7.69. The van der Waals surface area contributed by atoms with E-state index in [1.807, 2.05) is 32.0 Å². The summed E-state index contributed by atoms with van der Waals surface area (Å²) in [6.45, 7) is 9.10. The second-order valence-electron chi connectivity index (χ2n) is 7.69. The van der Waals surface area contributed by atoms with Crippen LogP contribution in [-0.2, 0) is 9.59 Å². The Morgan fingerprint density at radius 1 is 1.04 bits per heavy atom. The van der Waals surface area contributed by atoms with Crippen LogP contribution in [0.5, 0.6) is 11.5 Å². The molecule has 0 heterocycles. The Bertz CT molecular complexity index is 665. The summed E-state index contributed by atoms with van der Waals surface area (Å²) in [7, 11) is 0. The summed E-state index contributed by atoms with van der Waals surface area (Å²) in [4.78, 5) is 23.9. The van der Waals surface area contributed by atoms with Crippen LogP contribution in [0.25, 0.3) is 0 Å². The van der Waals surface area contributed by atoms with E-state index in [4.69, 9.17) is 14.6 Å². The number of carbonyl (C=O) groups excluding carboxylic acids is 1. The largest absolute Gasteiger partial charge is 0.490 e. The Hall–Kier alpha value is -2.24. The second kappa shape index (κ2) is 10.3. The van der Waals surface area contributed by atoms with Gasteiger partial charge in [-0.25, -0.2) is 0 Å². The van der Waals surface area contributed by atoms with Gasteiger partial charge in [0.2, 0.25) is 5.91 Å². The van der Waals surface area contributed by atoms with Crippen molar-refractivity contribution in [3.63, 3.8) is 0 Å². The number of carboxylic acid groups (broad SMARTS) is 1. The molecule has 2 N–H and O–H groups in total. The highest BCUT2D eigenvalue weighted by Crippen LogP contribution is 2.34. The van der Waals surface area contributed by atoms with Crippen LogP contribution >= 0.6 is 0 Å². The summed E-state index contributed by atoms with van der Waals surface area (Å²) in [5.41, 5.74) is 0.981. The van der Waals surface area contributed by atoms with Crippen LogP contribution in [0.3, 0.4) is 0 Å². The van der Waals surface area contributed by atoms with Gasteiger partial charge in [-0.15, -0.1) is 0 Å². The van der Waals surface area contributed by atoms with Gasteiger partial charge in [0.25, 0.3) is 0 Å². The summed E-state index contributed by atoms with van der Waals surface area (Å²) in [5.74, 6) is 0.409. The quantitative estimate of drug-likeness (QED) is 0.659. The molecule has 1 amide bonds. The number of carboxylic acids is 1. The van der Waals surface area contributed by atoms with Crippen molar-refractivity contribution >= 4 is 11.9 Å². The summed E-state index contributed by atoms with van der Waals surface area (Å²) >= 11 is 0. The summed E-state index contributed by atoms with van der Waals surface area (Å²) in [6, 6.07) is 5.67. The molecule has 0 bridgehead atoms. The molecule has 1 unspecified atom stereocenters. The first-order valence-corrected chi connectivity index (χ1v) is 10.3. The Balaban J connectivity index is 2.11. The van der Waals surface area contributed by atoms with Crippen LogP contribution in [0.2, 0.25) is 0 Å². The molecule has 1 saturated carbocycles. The standard InChI is InChI=1S/C22H33NO5/c1-5-27-18-12-11-17(13-19(18)28-6-2)20(14(3)4)23-21(24)15-7-9-16(10-8-15)22(25)26/h11-16,20H,5-10H2,1-4H3,(H,23,24)(H,25,26). The molecule has 1 aromatic carbocycles. The van der Waals surface area contributed by atoms with Gasteiger partial charge in [0.1, 0.15) is 0 Å². The highest BCUT2D eigenvalue weighted by molar-refractivity contribution is 5.80. The van der Waals surface area contributed by atoms with Crippen molar-refractivity contribution in [2.24, 2.45) is 17.8 Å². The average Bonchev–Trinajstić information content (AvgIpc) is 2.67. The van der Waals surface area contributed by atoms with E-state index in [0.29, 0.717) is 50.4 Å². The monoisotopic (exact) mass is 391 g/mol. The number of ether oxygens (including phenoxy) is 2. The lowest BCUT2D eigenvalue weighted by Crippen LogP contribution is -2.38. The van der Waals surface area contributed by atoms with E-state index >= 15 is 0 Å². The molecule has 2 rings (SSSR count). The Labute approximate surface area is 167 Å². The maximum absolute atomic E-state index is 12.8. The number of carbonyl (C=O) groups is 2. The van der Waals surface area contributed by atoms with Gasteiger partial charge in [-0.3, -0.25) is 9.59 Å². The van der Waals surface area contributed by atoms with Crippen molar-refractivity contribution in [3.05, 3.63) is 23.8 Å². The van der Waals surface area contributed by atoms with E-state index in [1.54, 1.807) is 0 Å². The molecule has 1 aliphatic carbocycles. The molecule has 0 aromatic heterocycles. The van der Waals surface area contributed by atoms with E-state index in [-0.39, 0.29) is 29.7 Å². The number of benzene rings is 1. The fourth-order valence-corrected chi connectivity index (χ4v) is 3.77. The molecule has 156 valence electrons. The first-order valence-electron chi connectivity index (χ1n) is 10.3. The molecule has 1 aliphatic rings. The van der Waals surface area contributed by atoms with Crippen molar-refractivity contribution in [2.75, 3.05) is 13.2 Å². The van der Waals surface area contributed by atoms with E-state index in [2.05, 4.69) is 19.2 Å². The molecule has 1 atom stereocenters. The van der Waals surface area contributed by atoms with E-state index in [0.717, 1.165) is 5.56 Å². The summed E-state index contributed by atoms with van der Waals surface area (Å²) in [5, 5.41) is 12.3. The lowest BCUT2D eigenvalue weighted by molar-refractivity contribution is -0.144. The van der Waals surface area contributed by atoms with Gasteiger partial charge in [-0.2, -0.15) is 0 Å². The zero-order chi connectivity index (χ0) is 20.7. The Morgan fingerprint density at radius 3 is 2.14 bits per heavy atom. The van der Waals surface area contributed by atoms with Gasteiger partial charge < -0.3 is 19.9 Å². The molecule has 0 aliphatic heterocycles. The van der Waals surface area contributed by atoms with E-state index in [1.165, 1.54) is 0 Å². The summed E-state index contributed by atoms with van der Waals surface area (Å²) < 4.78 is 11.4. The molecule has 0 saturated heterocycles. The van der Waals surface area contributed by atoms with Crippen LogP contribution in [0.4, 0.5) is 0 Å². The first-order chi connectivity index (χ1) is 13.4. The molecule has 6 nitrogen and oxygen atoms in total. The minimum absolute atomic E-state index is 0.00869. The third-order valence-electron chi connectivity index (χ3n) is 5.34. The van der Waals surface area contributed by atoms with E-state index < -0.39 is 5.97 Å². The molecule has 1 fully saturated rings. The zero-order valence-electron chi connectivity index (χ0n) is 17.4. The van der Waals surface area contributed by atoms with Crippen molar-refractivity contribution in [1.29, 1.82) is 0 Å². The molecule has 6 heteroatoms. The zero-order valence-corrected chi connectivity index (χ0v) is 17.4. The number of aliphatic carboxylic acids is 1. The molecular weight excluding hydrogens is 358 g/mol. The highest BCUT2D eigenvalue weighted by Gasteiger charge is 2.31. The minimum Gasteiger partial charge on any atom is -0.490 e. The Morgan fingerprint density at radius 2 is 1.61 bits per heavy atom. The van der Waals surface area contributed by atoms with Crippen LogP contribution in [0, 0.1) is 17.8 Å². The number of hydrogen-bond donors (Lipinski definition) is 2. The highest BCUT2D eigenvalue weighted by atomic mass is 16.5. The molecule has 1 aromatic rings. The average molecular weight is 392 g/mol. The van der Waals surface area contributed by atoms with Crippen molar-refractivity contribution < 1.29 is 24.2 Å². The minimum atomic E-state index is -0.753. The van der Waals surface area contributed by atoms with Crippen LogP contribution < -0.4 is 14.8 Å². The number of amides is 1. The maximum atomic E-state index is 12.8. The van der Waals surface area contributed by atoms with Gasteiger partial charge in [0.15, 0.2) is 11.5 Å². The third-order valence-corrected chi connectivity index (χ3v) is 5.34. The van der Waals surface area contributed by atoms with Gasteiger partial charge in [-0.05, 0) is 63.1 Å². The third kappa shape index (κ3) is 5.63. The van der Waals surface area contributed by atoms with Crippen molar-refractivity contribution in [2.45, 2.75) is 59.4 Å². The predicted molar refractivity (Wildman–Crippen MR) is 108 cm³/mol. The number of rotatable bonds is 9. The van der Waals surface area contributed by atoms with Crippen molar-refractivity contribution in [3.8, 4) is 11.5 Å². The normalized spacial score (nSPS) is 20.5. The Kier molecular flexibility index (Phi) is 8.15. The molecule has 0 radical (unpaired) electrons. The first kappa shape index (κ1) is 22.1. The molecule has 28 heavy (non-hydrogen) atoms. The van der Waals surface area contributed by atoms with Gasteiger partial charge in [0, 0.05) is 5.92 Å². The number of hydrogen-bond acceptors (Lipinski definition) is 4. The van der Waals surface area contributed by atoms with Crippen molar-refractivity contribution in [1.82, 2.24) is 5.32 Å². The lowest BCUT2D eigenvalue weighted by Gasteiger charge is -2.29. The topological polar surface area (TPSA) is 84.9 Å². The fraction of sp³-hybridized carbons (Fsp3) is 0.636. The fourth-order valence-electron chi connectivity index (χ4n) is 3.77. The lowest BCUT2D eigenvalue weighted by atomic mass is 9.81. The molecule has 0 spiro atoms. The number of nitrogens with one attached hydrogen (secondary N) is 1. The predicted octanol–water partition coefficient (Wildman–Crippen LogP) is 4.19. The van der Waals surface area contributed by atoms with Gasteiger partial charge >= 0.3 is 5.97 Å². The van der Waals surface area contributed by atoms with Gasteiger partial charge in [-0.1, -0.05) is 19.9 Å². The smallest absolute Gasteiger partial charge is 0.306 e. The summed E-state index contributed by atoms with van der Waals surface area (Å²) in [6.07, 6.45) is 2.39. The van der Waals surface area contributed by atoms with Crippen LogP contribution in [-0.4, -0.2) is 30.2 Å². The molecular formula is C22H33NO5. The van der Waals surface area contributed by atoms with Gasteiger partial charge in [0.05, 0.1) is 25.2 Å². The van der Waals surface area contributed by atoms with E-state index in [9.17, 15) is 9.59 Å². The van der Waals surface area contributed by atoms with Crippen LogP contribution in [0.15, 0.2) is 18.2 Å².